The van der Waals surface area contributed by atoms with Gasteiger partial charge in [-0.25, -0.2) is 0 Å². The fourth-order valence-corrected chi connectivity index (χ4v) is 3.77. The number of hydrogen-bond acceptors (Lipinski definition) is 4. The average molecular weight is 318 g/mol. The zero-order chi connectivity index (χ0) is 16.4. The Balaban J connectivity index is 1.73. The summed E-state index contributed by atoms with van der Waals surface area (Å²) in [5, 5.41) is 12.9. The maximum atomic E-state index is 12.7. The minimum absolute atomic E-state index is 0.0129. The van der Waals surface area contributed by atoms with Gasteiger partial charge in [0.25, 0.3) is 0 Å². The quantitative estimate of drug-likeness (QED) is 0.841. The van der Waals surface area contributed by atoms with E-state index in [9.17, 15) is 9.90 Å². The first kappa shape index (κ1) is 16.3. The lowest BCUT2D eigenvalue weighted by molar-refractivity contribution is -0.129. The second-order valence-corrected chi connectivity index (χ2v) is 6.71. The third-order valence-corrected chi connectivity index (χ3v) is 5.02. The maximum Gasteiger partial charge on any atom is 0.244 e. The lowest BCUT2D eigenvalue weighted by Crippen LogP contribution is -2.55. The third-order valence-electron chi connectivity index (χ3n) is 5.02. The summed E-state index contributed by atoms with van der Waals surface area (Å²) in [6.07, 6.45) is 4.88. The molecule has 126 valence electrons. The summed E-state index contributed by atoms with van der Waals surface area (Å²) < 4.78 is 5.55. The molecule has 3 rings (SSSR count). The van der Waals surface area contributed by atoms with Gasteiger partial charge in [0.15, 0.2) is 0 Å². The number of amides is 1. The van der Waals surface area contributed by atoms with Crippen LogP contribution in [0.4, 0.5) is 5.69 Å². The van der Waals surface area contributed by atoms with Gasteiger partial charge >= 0.3 is 0 Å². The van der Waals surface area contributed by atoms with E-state index in [-0.39, 0.29) is 17.7 Å². The van der Waals surface area contributed by atoms with E-state index in [1.54, 1.807) is 0 Å². The molecular weight excluding hydrogens is 292 g/mol. The van der Waals surface area contributed by atoms with Crippen molar-refractivity contribution in [2.75, 3.05) is 25.1 Å². The molecule has 1 saturated heterocycles. The van der Waals surface area contributed by atoms with Crippen LogP contribution in [0.25, 0.3) is 0 Å². The molecule has 0 bridgehead atoms. The number of nitrogens with one attached hydrogen (secondary N) is 1. The van der Waals surface area contributed by atoms with E-state index >= 15 is 0 Å². The lowest BCUT2D eigenvalue weighted by atomic mass is 10.1. The standard InChI is InChI=1S/C18H26N2O3/c1-12-9-14(10-13(2)17(12)21)19-18(22)16-11-23-8-7-20(16)15-5-3-4-6-15/h9-10,15-16,21H,3-8,11H2,1-2H3,(H,19,22)/t16-/m1/s1. The fourth-order valence-electron chi connectivity index (χ4n) is 3.77. The number of carbonyl (C=O) groups excluding carboxylic acids is 1. The topological polar surface area (TPSA) is 61.8 Å². The van der Waals surface area contributed by atoms with Crippen molar-refractivity contribution < 1.29 is 14.6 Å². The molecule has 2 aliphatic rings. The number of hydrogen-bond donors (Lipinski definition) is 2. The molecule has 1 heterocycles. The molecule has 1 aromatic carbocycles. The molecule has 0 spiro atoms. The highest BCUT2D eigenvalue weighted by Gasteiger charge is 2.35. The zero-order valence-corrected chi connectivity index (χ0v) is 14.0. The summed E-state index contributed by atoms with van der Waals surface area (Å²) in [7, 11) is 0. The van der Waals surface area contributed by atoms with Crippen molar-refractivity contribution in [2.24, 2.45) is 0 Å². The van der Waals surface area contributed by atoms with Crippen LogP contribution in [-0.4, -0.2) is 47.8 Å². The number of aryl methyl sites for hydroxylation is 2. The van der Waals surface area contributed by atoms with Gasteiger partial charge in [0.05, 0.1) is 13.2 Å². The Morgan fingerprint density at radius 2 is 1.91 bits per heavy atom. The monoisotopic (exact) mass is 318 g/mol. The van der Waals surface area contributed by atoms with Gasteiger partial charge in [-0.05, 0) is 49.9 Å². The van der Waals surface area contributed by atoms with E-state index in [4.69, 9.17) is 4.74 Å². The first-order valence-corrected chi connectivity index (χ1v) is 8.51. The molecule has 2 fully saturated rings. The number of rotatable bonds is 3. The Labute approximate surface area is 137 Å². The Kier molecular flexibility index (Phi) is 4.87. The van der Waals surface area contributed by atoms with Crippen molar-refractivity contribution in [2.45, 2.75) is 51.6 Å². The molecule has 1 saturated carbocycles. The zero-order valence-electron chi connectivity index (χ0n) is 14.0. The van der Waals surface area contributed by atoms with Crippen LogP contribution in [0.5, 0.6) is 5.75 Å². The number of carbonyl (C=O) groups is 1. The Bertz CT molecular complexity index is 559. The number of anilines is 1. The second kappa shape index (κ2) is 6.89. The van der Waals surface area contributed by atoms with Crippen LogP contribution < -0.4 is 5.32 Å². The molecule has 1 aliphatic carbocycles. The number of morpholine rings is 1. The van der Waals surface area contributed by atoms with Gasteiger partial charge in [-0.1, -0.05) is 12.8 Å². The van der Waals surface area contributed by atoms with Crippen LogP contribution in [0, 0.1) is 13.8 Å². The van der Waals surface area contributed by atoms with Crippen molar-refractivity contribution in [3.05, 3.63) is 23.3 Å². The van der Waals surface area contributed by atoms with E-state index in [0.717, 1.165) is 23.4 Å². The van der Waals surface area contributed by atoms with Crippen LogP contribution >= 0.6 is 0 Å². The Hall–Kier alpha value is -1.59. The molecule has 1 atom stereocenters. The molecule has 0 radical (unpaired) electrons. The Morgan fingerprint density at radius 1 is 1.26 bits per heavy atom. The van der Waals surface area contributed by atoms with Crippen molar-refractivity contribution >= 4 is 11.6 Å². The van der Waals surface area contributed by atoms with Crippen molar-refractivity contribution in [1.29, 1.82) is 0 Å². The minimum atomic E-state index is -0.221. The van der Waals surface area contributed by atoms with Crippen LogP contribution in [0.15, 0.2) is 12.1 Å². The first-order chi connectivity index (χ1) is 11.1. The number of ether oxygens (including phenoxy) is 1. The average Bonchev–Trinajstić information content (AvgIpc) is 3.07. The van der Waals surface area contributed by atoms with Gasteiger partial charge in [0.1, 0.15) is 11.8 Å². The van der Waals surface area contributed by atoms with Crippen molar-refractivity contribution in [3.63, 3.8) is 0 Å². The highest BCUT2D eigenvalue weighted by Crippen LogP contribution is 2.28. The molecule has 1 aliphatic heterocycles. The van der Waals surface area contributed by atoms with Crippen molar-refractivity contribution in [1.82, 2.24) is 4.90 Å². The summed E-state index contributed by atoms with van der Waals surface area (Å²) in [6, 6.07) is 3.91. The summed E-state index contributed by atoms with van der Waals surface area (Å²) >= 11 is 0. The largest absolute Gasteiger partial charge is 0.507 e. The van der Waals surface area contributed by atoms with Crippen molar-refractivity contribution in [3.8, 4) is 5.75 Å². The molecule has 5 heteroatoms. The predicted molar refractivity (Wildman–Crippen MR) is 89.8 cm³/mol. The van der Waals surface area contributed by atoms with Gasteiger partial charge in [-0.2, -0.15) is 0 Å². The second-order valence-electron chi connectivity index (χ2n) is 6.71. The molecule has 2 N–H and O–H groups in total. The normalized spacial score (nSPS) is 23.1. The highest BCUT2D eigenvalue weighted by atomic mass is 16.5. The molecule has 23 heavy (non-hydrogen) atoms. The van der Waals surface area contributed by atoms with Gasteiger partial charge in [0.2, 0.25) is 5.91 Å². The molecular formula is C18H26N2O3. The molecule has 1 aromatic rings. The van der Waals surface area contributed by atoms with Crippen LogP contribution in [-0.2, 0) is 9.53 Å². The molecule has 0 aromatic heterocycles. The number of nitrogens with zero attached hydrogens (tertiary/aromatic N) is 1. The van der Waals surface area contributed by atoms with Crippen LogP contribution in [0.3, 0.4) is 0 Å². The summed E-state index contributed by atoms with van der Waals surface area (Å²) in [4.78, 5) is 15.1. The highest BCUT2D eigenvalue weighted by molar-refractivity contribution is 5.95. The van der Waals surface area contributed by atoms with Gasteiger partial charge < -0.3 is 15.2 Å². The number of aromatic hydroxyl groups is 1. The molecule has 5 nitrogen and oxygen atoms in total. The van der Waals surface area contributed by atoms with Crippen LogP contribution in [0.2, 0.25) is 0 Å². The summed E-state index contributed by atoms with van der Waals surface area (Å²) in [5.74, 6) is 0.276. The first-order valence-electron chi connectivity index (χ1n) is 8.51. The smallest absolute Gasteiger partial charge is 0.244 e. The van der Waals surface area contributed by atoms with E-state index in [2.05, 4.69) is 10.2 Å². The van der Waals surface area contributed by atoms with Gasteiger partial charge in [-0.3, -0.25) is 9.69 Å². The fraction of sp³-hybridized carbons (Fsp3) is 0.611. The third kappa shape index (κ3) is 3.51. The van der Waals surface area contributed by atoms with E-state index < -0.39 is 0 Å². The lowest BCUT2D eigenvalue weighted by Gasteiger charge is -2.38. The predicted octanol–water partition coefficient (Wildman–Crippen LogP) is 2.59. The molecule has 0 unspecified atom stereocenters. The summed E-state index contributed by atoms with van der Waals surface area (Å²) in [5.41, 5.74) is 2.28. The maximum absolute atomic E-state index is 12.7. The number of phenols is 1. The van der Waals surface area contributed by atoms with E-state index in [0.29, 0.717) is 19.3 Å². The van der Waals surface area contributed by atoms with Gasteiger partial charge in [0, 0.05) is 18.3 Å². The minimum Gasteiger partial charge on any atom is -0.507 e. The van der Waals surface area contributed by atoms with E-state index in [1.165, 1.54) is 25.7 Å². The number of benzene rings is 1. The van der Waals surface area contributed by atoms with Crippen LogP contribution in [0.1, 0.15) is 36.8 Å². The Morgan fingerprint density at radius 3 is 2.57 bits per heavy atom. The number of phenolic OH excluding ortho intramolecular Hbond substituents is 1. The summed E-state index contributed by atoms with van der Waals surface area (Å²) in [6.45, 7) is 5.67. The SMILES string of the molecule is Cc1cc(NC(=O)[C@H]2COCCN2C2CCCC2)cc(C)c1O. The van der Waals surface area contributed by atoms with E-state index in [1.807, 2.05) is 26.0 Å². The molecule has 1 amide bonds. The van der Waals surface area contributed by atoms with Gasteiger partial charge in [-0.15, -0.1) is 0 Å².